The molecule has 0 bridgehead atoms. The van der Waals surface area contributed by atoms with Crippen LogP contribution in [0.5, 0.6) is 0 Å². The second-order valence-electron chi connectivity index (χ2n) is 5.94. The molecule has 2 aromatic carbocycles. The Morgan fingerprint density at radius 3 is 2.38 bits per heavy atom. The van der Waals surface area contributed by atoms with E-state index in [2.05, 4.69) is 0 Å². The van der Waals surface area contributed by atoms with Crippen LogP contribution in [0.15, 0.2) is 53.4 Å². The van der Waals surface area contributed by atoms with Crippen molar-refractivity contribution in [1.82, 2.24) is 0 Å². The van der Waals surface area contributed by atoms with Gasteiger partial charge in [0.1, 0.15) is 0 Å². The van der Waals surface area contributed by atoms with Gasteiger partial charge in [0.2, 0.25) is 0 Å². The van der Waals surface area contributed by atoms with Gasteiger partial charge in [0.05, 0.1) is 16.8 Å². The maximum absolute atomic E-state index is 12.3. The Labute approximate surface area is 124 Å². The minimum atomic E-state index is -3.21. The molecule has 3 nitrogen and oxygen atoms in total. The van der Waals surface area contributed by atoms with E-state index in [0.717, 1.165) is 23.1 Å². The normalized spacial score (nSPS) is 29.1. The van der Waals surface area contributed by atoms with Gasteiger partial charge >= 0.3 is 0 Å². The second-order valence-corrected chi connectivity index (χ2v) is 7.94. The fourth-order valence-corrected chi connectivity index (χ4v) is 5.75. The highest BCUT2D eigenvalue weighted by Crippen LogP contribution is 2.48. The van der Waals surface area contributed by atoms with Crippen molar-refractivity contribution in [1.29, 1.82) is 0 Å². The quantitative estimate of drug-likeness (QED) is 0.880. The molecule has 1 aliphatic carbocycles. The van der Waals surface area contributed by atoms with Gasteiger partial charge in [-0.15, -0.1) is 0 Å². The number of sulfone groups is 1. The van der Waals surface area contributed by atoms with Crippen LogP contribution < -0.4 is 0 Å². The van der Waals surface area contributed by atoms with Gasteiger partial charge in [-0.25, -0.2) is 8.42 Å². The first-order valence-corrected chi connectivity index (χ1v) is 8.81. The molecular formula is C17H16O3S. The van der Waals surface area contributed by atoms with Crippen LogP contribution >= 0.6 is 0 Å². The fraction of sp³-hybridized carbons (Fsp3) is 0.294. The van der Waals surface area contributed by atoms with E-state index >= 15 is 0 Å². The van der Waals surface area contributed by atoms with Gasteiger partial charge in [-0.2, -0.15) is 0 Å². The Morgan fingerprint density at radius 1 is 0.952 bits per heavy atom. The van der Waals surface area contributed by atoms with Crippen molar-refractivity contribution in [3.8, 4) is 0 Å². The molecule has 0 saturated carbocycles. The highest BCUT2D eigenvalue weighted by Gasteiger charge is 2.44. The molecule has 4 rings (SSSR count). The lowest BCUT2D eigenvalue weighted by Gasteiger charge is -2.22. The number of fused-ring (bicyclic) bond motifs is 2. The molecule has 3 atom stereocenters. The summed E-state index contributed by atoms with van der Waals surface area (Å²) >= 11 is 0. The third-order valence-electron chi connectivity index (χ3n) is 4.80. The maximum Gasteiger partial charge on any atom is 0.179 e. The van der Waals surface area contributed by atoms with Crippen LogP contribution in [0.1, 0.15) is 28.7 Å². The van der Waals surface area contributed by atoms with Crippen LogP contribution in [0, 0.1) is 5.92 Å². The molecule has 4 heteroatoms. The topological polar surface area (TPSA) is 54.4 Å². The summed E-state index contributed by atoms with van der Waals surface area (Å²) in [5.74, 6) is -0.0587. The zero-order chi connectivity index (χ0) is 14.6. The Balaban J connectivity index is 1.78. The minimum absolute atomic E-state index is 0.0548. The monoisotopic (exact) mass is 300 g/mol. The van der Waals surface area contributed by atoms with Crippen molar-refractivity contribution in [2.75, 3.05) is 5.75 Å². The molecule has 3 unspecified atom stereocenters. The van der Waals surface area contributed by atoms with Gasteiger partial charge in [-0.3, -0.25) is 0 Å². The molecule has 0 radical (unpaired) electrons. The summed E-state index contributed by atoms with van der Waals surface area (Å²) in [4.78, 5) is 0.443. The van der Waals surface area contributed by atoms with Crippen molar-refractivity contribution in [3.63, 3.8) is 0 Å². The van der Waals surface area contributed by atoms with Crippen LogP contribution in [0.2, 0.25) is 0 Å². The third-order valence-corrected chi connectivity index (χ3v) is 6.64. The first kappa shape index (κ1) is 13.0. The van der Waals surface area contributed by atoms with E-state index in [1.807, 2.05) is 36.4 Å². The van der Waals surface area contributed by atoms with Crippen LogP contribution in [0.3, 0.4) is 0 Å². The van der Waals surface area contributed by atoms with Crippen molar-refractivity contribution < 1.29 is 13.5 Å². The summed E-state index contributed by atoms with van der Waals surface area (Å²) in [6.45, 7) is 0. The van der Waals surface area contributed by atoms with E-state index in [1.54, 1.807) is 12.1 Å². The first-order valence-electron chi connectivity index (χ1n) is 7.15. The lowest BCUT2D eigenvalue weighted by atomic mass is 9.84. The van der Waals surface area contributed by atoms with Gasteiger partial charge < -0.3 is 5.11 Å². The lowest BCUT2D eigenvalue weighted by Crippen LogP contribution is -2.19. The molecule has 108 valence electrons. The van der Waals surface area contributed by atoms with Gasteiger partial charge in [-0.1, -0.05) is 42.5 Å². The first-order chi connectivity index (χ1) is 10.1. The standard InChI is InChI=1S/C17H16O3S/c18-17-12-6-2-1-5-11(12)9-14(17)15-10-21(19,20)16-8-4-3-7-13(15)16/h1-8,14-15,17-18H,9-10H2. The van der Waals surface area contributed by atoms with Gasteiger partial charge in [0.25, 0.3) is 0 Å². The van der Waals surface area contributed by atoms with Crippen LogP contribution in [-0.4, -0.2) is 19.3 Å². The van der Waals surface area contributed by atoms with E-state index in [-0.39, 0.29) is 17.6 Å². The number of hydrogen-bond donors (Lipinski definition) is 1. The van der Waals surface area contributed by atoms with Gasteiger partial charge in [0.15, 0.2) is 9.84 Å². The maximum atomic E-state index is 12.3. The van der Waals surface area contributed by atoms with Crippen molar-refractivity contribution in [3.05, 3.63) is 65.2 Å². The summed E-state index contributed by atoms with van der Waals surface area (Å²) in [6, 6.07) is 15.1. The fourth-order valence-electron chi connectivity index (χ4n) is 3.81. The summed E-state index contributed by atoms with van der Waals surface area (Å²) in [5.41, 5.74) is 2.95. The van der Waals surface area contributed by atoms with Gasteiger partial charge in [-0.05, 0) is 29.2 Å². The van der Waals surface area contributed by atoms with Crippen molar-refractivity contribution in [2.24, 2.45) is 5.92 Å². The molecule has 0 saturated heterocycles. The summed E-state index contributed by atoms with van der Waals surface area (Å²) < 4.78 is 24.6. The molecule has 1 N–H and O–H groups in total. The van der Waals surface area contributed by atoms with Crippen molar-refractivity contribution >= 4 is 9.84 Å². The molecule has 0 fully saturated rings. The average Bonchev–Trinajstić information content (AvgIpc) is 2.95. The Kier molecular flexibility index (Phi) is 2.75. The Morgan fingerprint density at radius 2 is 1.62 bits per heavy atom. The molecule has 2 aliphatic rings. The Bertz CT molecular complexity index is 810. The molecule has 0 amide bonds. The SMILES string of the molecule is O=S1(=O)CC(C2Cc3ccccc3C2O)c2ccccc21. The largest absolute Gasteiger partial charge is 0.388 e. The summed E-state index contributed by atoms with van der Waals surface area (Å²) in [5, 5.41) is 10.6. The van der Waals surface area contributed by atoms with Crippen LogP contribution in [0.25, 0.3) is 0 Å². The van der Waals surface area contributed by atoms with E-state index in [4.69, 9.17) is 0 Å². The highest BCUT2D eigenvalue weighted by atomic mass is 32.2. The molecule has 0 aromatic heterocycles. The zero-order valence-corrected chi connectivity index (χ0v) is 12.3. The zero-order valence-electron chi connectivity index (χ0n) is 11.4. The predicted molar refractivity (Wildman–Crippen MR) is 79.8 cm³/mol. The molecule has 2 aromatic rings. The highest BCUT2D eigenvalue weighted by molar-refractivity contribution is 7.91. The minimum Gasteiger partial charge on any atom is -0.388 e. The van der Waals surface area contributed by atoms with Crippen LogP contribution in [-0.2, 0) is 16.3 Å². The number of rotatable bonds is 1. The van der Waals surface area contributed by atoms with Crippen molar-refractivity contribution in [2.45, 2.75) is 23.3 Å². The Hall–Kier alpha value is -1.65. The van der Waals surface area contributed by atoms with E-state index in [0.29, 0.717) is 4.90 Å². The predicted octanol–water partition coefficient (Wildman–Crippen LogP) is 2.46. The van der Waals surface area contributed by atoms with E-state index in [9.17, 15) is 13.5 Å². The van der Waals surface area contributed by atoms with Crippen LogP contribution in [0.4, 0.5) is 0 Å². The smallest absolute Gasteiger partial charge is 0.179 e. The molecule has 0 spiro atoms. The number of aliphatic hydroxyl groups excluding tert-OH is 1. The molecule has 1 aliphatic heterocycles. The third kappa shape index (κ3) is 1.86. The lowest BCUT2D eigenvalue weighted by molar-refractivity contribution is 0.111. The van der Waals surface area contributed by atoms with E-state index < -0.39 is 15.9 Å². The number of benzene rings is 2. The molecular weight excluding hydrogens is 284 g/mol. The number of hydrogen-bond acceptors (Lipinski definition) is 3. The number of aliphatic hydroxyl groups is 1. The van der Waals surface area contributed by atoms with E-state index in [1.165, 1.54) is 0 Å². The van der Waals surface area contributed by atoms with Gasteiger partial charge in [0, 0.05) is 11.8 Å². The average molecular weight is 300 g/mol. The second kappa shape index (κ2) is 4.42. The summed E-state index contributed by atoms with van der Waals surface area (Å²) in [6.07, 6.45) is 0.166. The summed E-state index contributed by atoms with van der Waals surface area (Å²) in [7, 11) is -3.21. The molecule has 1 heterocycles. The molecule has 21 heavy (non-hydrogen) atoms.